The van der Waals surface area contributed by atoms with Crippen LogP contribution >= 0.6 is 0 Å². The minimum Gasteiger partial charge on any atom is -0.380 e. The fourth-order valence-electron chi connectivity index (χ4n) is 0.323. The van der Waals surface area contributed by atoms with Crippen LogP contribution in [0.1, 0.15) is 10.5 Å². The van der Waals surface area contributed by atoms with E-state index in [1.807, 2.05) is 0 Å². The van der Waals surface area contributed by atoms with E-state index in [4.69, 9.17) is 5.73 Å². The molecule has 0 fully saturated rings. The van der Waals surface area contributed by atoms with Crippen LogP contribution in [0.25, 0.3) is 0 Å². The lowest BCUT2D eigenvalue weighted by Crippen LogP contribution is -2.03. The third kappa shape index (κ3) is 0.958. The quantitative estimate of drug-likeness (QED) is 0.467. The monoisotopic (exact) mass is 125 g/mol. The lowest BCUT2D eigenvalue weighted by molar-refractivity contribution is 0.111. The summed E-state index contributed by atoms with van der Waals surface area (Å²) in [5, 5.41) is 12.7. The number of nitrogen functional groups attached to an aromatic ring is 1. The molecule has 1 rings (SSSR count). The Morgan fingerprint density at radius 2 is 2.00 bits per heavy atom. The van der Waals surface area contributed by atoms with Crippen molar-refractivity contribution in [2.75, 3.05) is 5.73 Å². The summed E-state index contributed by atoms with van der Waals surface area (Å²) in [6.45, 7) is 0. The van der Waals surface area contributed by atoms with Crippen LogP contribution in [-0.2, 0) is 0 Å². The average molecular weight is 125 g/mol. The fourth-order valence-corrected chi connectivity index (χ4v) is 0.323. The molecule has 6 heteroatoms. The molecule has 1 aromatic rings. The van der Waals surface area contributed by atoms with Crippen LogP contribution in [0.15, 0.2) is 0 Å². The number of hydrogen-bond acceptors (Lipinski definition) is 6. The smallest absolute Gasteiger partial charge is 0.179 e. The number of carbonyl (C=O) groups excluding carboxylic acids is 1. The van der Waals surface area contributed by atoms with Crippen molar-refractivity contribution in [1.29, 1.82) is 0 Å². The number of anilines is 1. The summed E-state index contributed by atoms with van der Waals surface area (Å²) in [5.41, 5.74) is 5.14. The van der Waals surface area contributed by atoms with Crippen LogP contribution in [0, 0.1) is 0 Å². The first-order valence-corrected chi connectivity index (χ1v) is 2.11. The fraction of sp³-hybridized carbons (Fsp3) is 0. The molecule has 0 amide bonds. The van der Waals surface area contributed by atoms with E-state index in [1.54, 1.807) is 0 Å². The van der Waals surface area contributed by atoms with E-state index in [0.29, 0.717) is 6.29 Å². The topological polar surface area (TPSA) is 94.7 Å². The van der Waals surface area contributed by atoms with Gasteiger partial charge in [0.15, 0.2) is 17.8 Å². The number of nitrogens with zero attached hydrogens (tertiary/aromatic N) is 4. The SMILES string of the molecule is Nc1nnnnc1C=O. The van der Waals surface area contributed by atoms with E-state index in [2.05, 4.69) is 20.6 Å². The van der Waals surface area contributed by atoms with Crippen LogP contribution in [0.5, 0.6) is 0 Å². The van der Waals surface area contributed by atoms with Gasteiger partial charge in [-0.3, -0.25) is 4.79 Å². The van der Waals surface area contributed by atoms with Crippen LogP contribution < -0.4 is 5.73 Å². The van der Waals surface area contributed by atoms with Crippen molar-refractivity contribution in [3.05, 3.63) is 5.69 Å². The van der Waals surface area contributed by atoms with Gasteiger partial charge in [-0.2, -0.15) is 0 Å². The van der Waals surface area contributed by atoms with Crippen LogP contribution in [0.4, 0.5) is 5.82 Å². The van der Waals surface area contributed by atoms with Crippen molar-refractivity contribution < 1.29 is 4.79 Å². The molecule has 6 nitrogen and oxygen atoms in total. The third-order valence-electron chi connectivity index (χ3n) is 0.719. The second-order valence-electron chi connectivity index (χ2n) is 1.27. The standard InChI is InChI=1S/C3H3N5O/c4-3-2(1-9)5-7-8-6-3/h1H,(H2,4,6,7). The summed E-state index contributed by atoms with van der Waals surface area (Å²) in [6, 6.07) is 0. The average Bonchev–Trinajstić information content (AvgIpc) is 1.89. The second kappa shape index (κ2) is 2.12. The van der Waals surface area contributed by atoms with Gasteiger partial charge in [0.2, 0.25) is 0 Å². The number of rotatable bonds is 1. The summed E-state index contributed by atoms with van der Waals surface area (Å²) >= 11 is 0. The van der Waals surface area contributed by atoms with Crippen LogP contribution in [0.2, 0.25) is 0 Å². The van der Waals surface area contributed by atoms with Gasteiger partial charge in [-0.25, -0.2) is 0 Å². The normalized spacial score (nSPS) is 8.89. The van der Waals surface area contributed by atoms with Gasteiger partial charge in [0.05, 0.1) is 0 Å². The van der Waals surface area contributed by atoms with Crippen molar-refractivity contribution in [1.82, 2.24) is 20.6 Å². The second-order valence-corrected chi connectivity index (χ2v) is 1.27. The van der Waals surface area contributed by atoms with Gasteiger partial charge in [0.1, 0.15) is 0 Å². The molecule has 0 atom stereocenters. The molecule has 9 heavy (non-hydrogen) atoms. The Morgan fingerprint density at radius 3 is 2.44 bits per heavy atom. The highest BCUT2D eigenvalue weighted by atomic mass is 16.1. The Morgan fingerprint density at radius 1 is 1.33 bits per heavy atom. The Bertz CT molecular complexity index is 223. The molecule has 0 aliphatic carbocycles. The summed E-state index contributed by atoms with van der Waals surface area (Å²) in [7, 11) is 0. The van der Waals surface area contributed by atoms with E-state index in [9.17, 15) is 4.79 Å². The number of aromatic nitrogens is 4. The molecule has 0 radical (unpaired) electrons. The van der Waals surface area contributed by atoms with Gasteiger partial charge < -0.3 is 5.73 Å². The molecule has 0 unspecified atom stereocenters. The van der Waals surface area contributed by atoms with Crippen molar-refractivity contribution in [2.45, 2.75) is 0 Å². The van der Waals surface area contributed by atoms with E-state index in [0.717, 1.165) is 0 Å². The molecule has 0 aromatic carbocycles. The first kappa shape index (κ1) is 5.54. The number of hydrogen-bond donors (Lipinski definition) is 1. The zero-order valence-corrected chi connectivity index (χ0v) is 4.35. The maximum Gasteiger partial charge on any atom is 0.179 e. The largest absolute Gasteiger partial charge is 0.380 e. The highest BCUT2D eigenvalue weighted by Crippen LogP contribution is 1.93. The highest BCUT2D eigenvalue weighted by molar-refractivity contribution is 5.77. The summed E-state index contributed by atoms with van der Waals surface area (Å²) < 4.78 is 0. The molecule has 46 valence electrons. The van der Waals surface area contributed by atoms with E-state index in [-0.39, 0.29) is 11.5 Å². The van der Waals surface area contributed by atoms with Crippen molar-refractivity contribution in [2.24, 2.45) is 0 Å². The molecule has 1 heterocycles. The number of nitrogens with two attached hydrogens (primary N) is 1. The molecular weight excluding hydrogens is 122 g/mol. The Kier molecular flexibility index (Phi) is 1.31. The molecule has 0 saturated carbocycles. The van der Waals surface area contributed by atoms with Crippen molar-refractivity contribution >= 4 is 12.1 Å². The van der Waals surface area contributed by atoms with Gasteiger partial charge in [0.25, 0.3) is 0 Å². The van der Waals surface area contributed by atoms with Gasteiger partial charge in [-0.05, 0) is 10.4 Å². The van der Waals surface area contributed by atoms with Gasteiger partial charge in [-0.15, -0.1) is 10.2 Å². The van der Waals surface area contributed by atoms with Gasteiger partial charge in [-0.1, -0.05) is 0 Å². The maximum atomic E-state index is 9.98. The molecule has 1 aromatic heterocycles. The number of aldehydes is 1. The van der Waals surface area contributed by atoms with Gasteiger partial charge in [0, 0.05) is 0 Å². The molecule has 0 aliphatic rings. The van der Waals surface area contributed by atoms with Crippen molar-refractivity contribution in [3.8, 4) is 0 Å². The molecule has 0 bridgehead atoms. The highest BCUT2D eigenvalue weighted by Gasteiger charge is 1.97. The minimum atomic E-state index is 0.000000000000000444. The van der Waals surface area contributed by atoms with Crippen LogP contribution in [-0.4, -0.2) is 26.9 Å². The minimum absolute atomic E-state index is 0.000000000000000444. The Hall–Kier alpha value is -1.59. The third-order valence-corrected chi connectivity index (χ3v) is 0.719. The Balaban J connectivity index is 3.15. The summed E-state index contributed by atoms with van der Waals surface area (Å²) in [4.78, 5) is 9.98. The Labute approximate surface area is 50.1 Å². The molecule has 0 aliphatic heterocycles. The molecule has 0 spiro atoms. The first-order valence-electron chi connectivity index (χ1n) is 2.11. The summed E-state index contributed by atoms with van der Waals surface area (Å²) in [5.74, 6) is 0.000000000000000444. The summed E-state index contributed by atoms with van der Waals surface area (Å²) in [6.07, 6.45) is 0.469. The maximum absolute atomic E-state index is 9.98. The van der Waals surface area contributed by atoms with E-state index >= 15 is 0 Å². The molecular formula is C3H3N5O. The lowest BCUT2D eigenvalue weighted by atomic mass is 10.5. The molecule has 2 N–H and O–H groups in total. The molecule has 0 saturated heterocycles. The zero-order chi connectivity index (χ0) is 6.69. The van der Waals surface area contributed by atoms with E-state index in [1.165, 1.54) is 0 Å². The van der Waals surface area contributed by atoms with Crippen molar-refractivity contribution in [3.63, 3.8) is 0 Å². The van der Waals surface area contributed by atoms with Gasteiger partial charge >= 0.3 is 0 Å². The van der Waals surface area contributed by atoms with Crippen LogP contribution in [0.3, 0.4) is 0 Å². The zero-order valence-electron chi connectivity index (χ0n) is 4.35. The van der Waals surface area contributed by atoms with E-state index < -0.39 is 0 Å². The number of carbonyl (C=O) groups is 1. The predicted molar refractivity (Wildman–Crippen MR) is 27.4 cm³/mol. The predicted octanol–water partition coefficient (Wildman–Crippen LogP) is -1.34. The lowest BCUT2D eigenvalue weighted by Gasteiger charge is -1.87. The first-order chi connectivity index (χ1) is 4.34.